The first kappa shape index (κ1) is 17.0. The first-order valence-corrected chi connectivity index (χ1v) is 8.19. The highest BCUT2D eigenvalue weighted by Gasteiger charge is 2.11. The number of hydrogen-bond acceptors (Lipinski definition) is 5. The summed E-state index contributed by atoms with van der Waals surface area (Å²) in [5.41, 5.74) is 2.62. The first-order valence-electron chi connectivity index (χ1n) is 7.82. The summed E-state index contributed by atoms with van der Waals surface area (Å²) in [6, 6.07) is 17.3. The molecule has 1 heterocycles. The lowest BCUT2D eigenvalue weighted by atomic mass is 10.3. The molecule has 0 aliphatic heterocycles. The van der Waals surface area contributed by atoms with Crippen LogP contribution in [-0.4, -0.2) is 24.1 Å². The highest BCUT2D eigenvalue weighted by molar-refractivity contribution is 6.31. The summed E-state index contributed by atoms with van der Waals surface area (Å²) in [5, 5.41) is 3.89. The fourth-order valence-electron chi connectivity index (χ4n) is 2.45. The van der Waals surface area contributed by atoms with Crippen LogP contribution in [0.25, 0.3) is 0 Å². The van der Waals surface area contributed by atoms with Crippen molar-refractivity contribution in [3.05, 3.63) is 65.3 Å². The summed E-state index contributed by atoms with van der Waals surface area (Å²) >= 11 is 6.10. The van der Waals surface area contributed by atoms with Gasteiger partial charge in [-0.15, -0.1) is 0 Å². The van der Waals surface area contributed by atoms with Crippen LogP contribution in [0.1, 0.15) is 5.69 Å². The Hall–Kier alpha value is -2.79. The van der Waals surface area contributed by atoms with Crippen LogP contribution in [0.5, 0.6) is 5.75 Å². The van der Waals surface area contributed by atoms with Crippen LogP contribution in [0.2, 0.25) is 5.02 Å². The summed E-state index contributed by atoms with van der Waals surface area (Å²) in [6.45, 7) is 1.93. The molecular formula is C19H19ClN4O. The molecule has 0 atom stereocenters. The second-order valence-electron chi connectivity index (χ2n) is 5.56. The number of aromatic nitrogens is 2. The molecule has 0 radical (unpaired) electrons. The van der Waals surface area contributed by atoms with Gasteiger partial charge in [0.2, 0.25) is 5.95 Å². The number of rotatable bonds is 5. The fourth-order valence-corrected chi connectivity index (χ4v) is 2.62. The summed E-state index contributed by atoms with van der Waals surface area (Å²) < 4.78 is 5.37. The van der Waals surface area contributed by atoms with E-state index >= 15 is 0 Å². The van der Waals surface area contributed by atoms with Crippen molar-refractivity contribution in [3.63, 3.8) is 0 Å². The monoisotopic (exact) mass is 354 g/mol. The predicted molar refractivity (Wildman–Crippen MR) is 103 cm³/mol. The Labute approximate surface area is 152 Å². The molecule has 0 fully saturated rings. The third-order valence-corrected chi connectivity index (χ3v) is 3.95. The topological polar surface area (TPSA) is 50.3 Å². The Balaban J connectivity index is 1.94. The second kappa shape index (κ2) is 7.40. The van der Waals surface area contributed by atoms with E-state index < -0.39 is 0 Å². The van der Waals surface area contributed by atoms with Gasteiger partial charge in [-0.2, -0.15) is 4.98 Å². The van der Waals surface area contributed by atoms with E-state index in [0.717, 1.165) is 17.1 Å². The zero-order chi connectivity index (χ0) is 17.8. The third-order valence-electron chi connectivity index (χ3n) is 3.71. The molecular weight excluding hydrogens is 336 g/mol. The lowest BCUT2D eigenvalue weighted by molar-refractivity contribution is 0.417. The molecule has 5 nitrogen and oxygen atoms in total. The van der Waals surface area contributed by atoms with Crippen LogP contribution in [0.4, 0.5) is 23.1 Å². The SMILES string of the molecule is COc1ccc(Cl)cc1Nc1cc(C)nc(N(C)c2ccccc2)n1. The van der Waals surface area contributed by atoms with E-state index in [-0.39, 0.29) is 0 Å². The van der Waals surface area contributed by atoms with Crippen LogP contribution in [0.15, 0.2) is 54.6 Å². The van der Waals surface area contributed by atoms with Gasteiger partial charge in [-0.1, -0.05) is 29.8 Å². The van der Waals surface area contributed by atoms with Gasteiger partial charge in [0.25, 0.3) is 0 Å². The summed E-state index contributed by atoms with van der Waals surface area (Å²) in [7, 11) is 3.56. The van der Waals surface area contributed by atoms with E-state index in [2.05, 4.69) is 15.3 Å². The molecule has 128 valence electrons. The molecule has 0 saturated heterocycles. The summed E-state index contributed by atoms with van der Waals surface area (Å²) in [4.78, 5) is 11.1. The second-order valence-corrected chi connectivity index (χ2v) is 6.00. The summed E-state index contributed by atoms with van der Waals surface area (Å²) in [5.74, 6) is 1.97. The standard InChI is InChI=1S/C19H19ClN4O/c1-13-11-18(22-16-12-14(20)9-10-17(16)25-3)23-19(21-13)24(2)15-7-5-4-6-8-15/h4-12H,1-3H3,(H,21,22,23). The van der Waals surface area contributed by atoms with Crippen molar-refractivity contribution in [2.45, 2.75) is 6.92 Å². The van der Waals surface area contributed by atoms with Gasteiger partial charge in [0.15, 0.2) is 0 Å². The highest BCUT2D eigenvalue weighted by Crippen LogP contribution is 2.31. The number of halogens is 1. The number of aryl methyl sites for hydroxylation is 1. The molecule has 0 bridgehead atoms. The summed E-state index contributed by atoms with van der Waals surface area (Å²) in [6.07, 6.45) is 0. The third kappa shape index (κ3) is 4.00. The minimum atomic E-state index is 0.606. The fraction of sp³-hybridized carbons (Fsp3) is 0.158. The number of methoxy groups -OCH3 is 1. The predicted octanol–water partition coefficient (Wildman–Crippen LogP) is 4.96. The van der Waals surface area contributed by atoms with Crippen molar-refractivity contribution < 1.29 is 4.74 Å². The molecule has 6 heteroatoms. The van der Waals surface area contributed by atoms with Gasteiger partial charge in [-0.05, 0) is 37.3 Å². The molecule has 2 aromatic carbocycles. The van der Waals surface area contributed by atoms with Crippen LogP contribution in [-0.2, 0) is 0 Å². The van der Waals surface area contributed by atoms with Crippen LogP contribution in [0, 0.1) is 6.92 Å². The van der Waals surface area contributed by atoms with E-state index in [1.165, 1.54) is 0 Å². The van der Waals surface area contributed by atoms with Crippen LogP contribution in [0.3, 0.4) is 0 Å². The maximum absolute atomic E-state index is 6.10. The number of nitrogens with one attached hydrogen (secondary N) is 1. The van der Waals surface area contributed by atoms with Gasteiger partial charge in [0, 0.05) is 29.5 Å². The number of para-hydroxylation sites is 1. The normalized spacial score (nSPS) is 10.4. The Morgan fingerprint density at radius 1 is 1.04 bits per heavy atom. The lowest BCUT2D eigenvalue weighted by Crippen LogP contribution is -2.14. The van der Waals surface area contributed by atoms with E-state index in [4.69, 9.17) is 16.3 Å². The largest absolute Gasteiger partial charge is 0.495 e. The van der Waals surface area contributed by atoms with Crippen molar-refractivity contribution in [2.24, 2.45) is 0 Å². The van der Waals surface area contributed by atoms with Crippen molar-refractivity contribution in [2.75, 3.05) is 24.4 Å². The van der Waals surface area contributed by atoms with Crippen molar-refractivity contribution >= 4 is 34.7 Å². The van der Waals surface area contributed by atoms with Gasteiger partial charge in [-0.3, -0.25) is 0 Å². The quantitative estimate of drug-likeness (QED) is 0.701. The number of ether oxygens (including phenoxy) is 1. The van der Waals surface area contributed by atoms with Gasteiger partial charge < -0.3 is 15.0 Å². The number of anilines is 4. The van der Waals surface area contributed by atoms with Gasteiger partial charge in [0.05, 0.1) is 12.8 Å². The highest BCUT2D eigenvalue weighted by atomic mass is 35.5. The average Bonchev–Trinajstić information content (AvgIpc) is 2.61. The Morgan fingerprint density at radius 3 is 2.52 bits per heavy atom. The van der Waals surface area contributed by atoms with E-state index in [0.29, 0.717) is 22.5 Å². The Bertz CT molecular complexity index is 871. The smallest absolute Gasteiger partial charge is 0.231 e. The van der Waals surface area contributed by atoms with E-state index in [1.807, 2.05) is 61.3 Å². The van der Waals surface area contributed by atoms with Crippen molar-refractivity contribution in [1.82, 2.24) is 9.97 Å². The van der Waals surface area contributed by atoms with Crippen LogP contribution < -0.4 is 15.0 Å². The van der Waals surface area contributed by atoms with Gasteiger partial charge >= 0.3 is 0 Å². The van der Waals surface area contributed by atoms with Crippen molar-refractivity contribution in [3.8, 4) is 5.75 Å². The number of hydrogen-bond donors (Lipinski definition) is 1. The molecule has 0 amide bonds. The zero-order valence-electron chi connectivity index (χ0n) is 14.3. The maximum Gasteiger partial charge on any atom is 0.231 e. The zero-order valence-corrected chi connectivity index (χ0v) is 15.1. The van der Waals surface area contributed by atoms with E-state index in [1.54, 1.807) is 19.2 Å². The minimum absolute atomic E-state index is 0.606. The molecule has 25 heavy (non-hydrogen) atoms. The first-order chi connectivity index (χ1) is 12.1. The average molecular weight is 355 g/mol. The molecule has 1 N–H and O–H groups in total. The van der Waals surface area contributed by atoms with Gasteiger partial charge in [-0.25, -0.2) is 4.98 Å². The van der Waals surface area contributed by atoms with E-state index in [9.17, 15) is 0 Å². The van der Waals surface area contributed by atoms with Crippen molar-refractivity contribution in [1.29, 1.82) is 0 Å². The molecule has 3 aromatic rings. The Morgan fingerprint density at radius 2 is 1.80 bits per heavy atom. The lowest BCUT2D eigenvalue weighted by Gasteiger charge is -2.19. The maximum atomic E-state index is 6.10. The van der Waals surface area contributed by atoms with Gasteiger partial charge in [0.1, 0.15) is 11.6 Å². The minimum Gasteiger partial charge on any atom is -0.495 e. The molecule has 0 spiro atoms. The molecule has 0 aliphatic carbocycles. The molecule has 3 rings (SSSR count). The molecule has 0 saturated carbocycles. The number of benzene rings is 2. The number of nitrogens with zero attached hydrogens (tertiary/aromatic N) is 3. The molecule has 0 aliphatic rings. The Kier molecular flexibility index (Phi) is 5.05. The van der Waals surface area contributed by atoms with Crippen LogP contribution >= 0.6 is 11.6 Å². The molecule has 1 aromatic heterocycles. The molecule has 0 unspecified atom stereocenters.